The summed E-state index contributed by atoms with van der Waals surface area (Å²) >= 11 is 0. The Bertz CT molecular complexity index is 582. The third-order valence-corrected chi connectivity index (χ3v) is 3.39. The maximum Gasteiger partial charge on any atom is 0.315 e. The highest BCUT2D eigenvalue weighted by atomic mass is 16.3. The lowest BCUT2D eigenvalue weighted by Crippen LogP contribution is -2.39. The molecular weight excluding hydrogens is 276 g/mol. The molecule has 0 fully saturated rings. The Morgan fingerprint density at radius 1 is 1.00 bits per heavy atom. The lowest BCUT2D eigenvalue weighted by atomic mass is 10.1. The first kappa shape index (κ1) is 16.0. The molecule has 2 amide bonds. The molecule has 2 aromatic rings. The average molecular weight is 298 g/mol. The Labute approximate surface area is 131 Å². The number of aliphatic hydroxyl groups excluding tert-OH is 1. The molecule has 4 heteroatoms. The molecule has 3 N–H and O–H groups in total. The van der Waals surface area contributed by atoms with Gasteiger partial charge in [0.15, 0.2) is 0 Å². The van der Waals surface area contributed by atoms with Crippen molar-refractivity contribution in [2.45, 2.75) is 26.0 Å². The van der Waals surface area contributed by atoms with Gasteiger partial charge in [0.05, 0.1) is 6.10 Å². The van der Waals surface area contributed by atoms with Crippen LogP contribution in [-0.2, 0) is 13.0 Å². The molecule has 4 nitrogen and oxygen atoms in total. The van der Waals surface area contributed by atoms with Crippen LogP contribution in [-0.4, -0.2) is 23.8 Å². The van der Waals surface area contributed by atoms with Crippen molar-refractivity contribution in [3.63, 3.8) is 0 Å². The highest BCUT2D eigenvalue weighted by molar-refractivity contribution is 5.73. The Morgan fingerprint density at radius 3 is 2.36 bits per heavy atom. The summed E-state index contributed by atoms with van der Waals surface area (Å²) in [5.74, 6) is 0. The second kappa shape index (κ2) is 8.20. The quantitative estimate of drug-likeness (QED) is 0.767. The lowest BCUT2D eigenvalue weighted by molar-refractivity contribution is 0.170. The summed E-state index contributed by atoms with van der Waals surface area (Å²) in [5.41, 5.74) is 3.29. The topological polar surface area (TPSA) is 61.4 Å². The molecule has 0 radical (unpaired) electrons. The van der Waals surface area contributed by atoms with Crippen molar-refractivity contribution < 1.29 is 9.90 Å². The first-order chi connectivity index (χ1) is 10.6. The fourth-order valence-corrected chi connectivity index (χ4v) is 2.12. The van der Waals surface area contributed by atoms with Gasteiger partial charge in [0.2, 0.25) is 0 Å². The Hall–Kier alpha value is -2.33. The lowest BCUT2D eigenvalue weighted by Gasteiger charge is -2.13. The molecule has 22 heavy (non-hydrogen) atoms. The van der Waals surface area contributed by atoms with E-state index in [1.807, 2.05) is 61.5 Å². The number of urea groups is 1. The van der Waals surface area contributed by atoms with Gasteiger partial charge in [0.1, 0.15) is 0 Å². The van der Waals surface area contributed by atoms with E-state index in [0.717, 1.165) is 11.1 Å². The number of aryl methyl sites for hydroxylation is 1. The first-order valence-corrected chi connectivity index (χ1v) is 7.43. The van der Waals surface area contributed by atoms with E-state index in [4.69, 9.17) is 0 Å². The van der Waals surface area contributed by atoms with E-state index in [-0.39, 0.29) is 12.6 Å². The summed E-state index contributed by atoms with van der Waals surface area (Å²) in [4.78, 5) is 11.7. The van der Waals surface area contributed by atoms with Gasteiger partial charge in [0.25, 0.3) is 0 Å². The second-order valence-corrected chi connectivity index (χ2v) is 5.39. The number of nitrogens with one attached hydrogen (secondary N) is 2. The normalized spacial score (nSPS) is 11.7. The van der Waals surface area contributed by atoms with E-state index in [1.165, 1.54) is 5.56 Å². The Morgan fingerprint density at radius 2 is 1.68 bits per heavy atom. The first-order valence-electron chi connectivity index (χ1n) is 7.43. The van der Waals surface area contributed by atoms with Crippen LogP contribution in [0.3, 0.4) is 0 Å². The van der Waals surface area contributed by atoms with Crippen molar-refractivity contribution in [2.24, 2.45) is 0 Å². The zero-order chi connectivity index (χ0) is 15.8. The number of carbonyl (C=O) groups excluding carboxylic acids is 1. The van der Waals surface area contributed by atoms with E-state index in [1.54, 1.807) is 0 Å². The number of carbonyl (C=O) groups is 1. The molecule has 2 aromatic carbocycles. The van der Waals surface area contributed by atoms with Gasteiger partial charge in [-0.25, -0.2) is 4.79 Å². The number of hydrogen-bond acceptors (Lipinski definition) is 2. The molecular formula is C18H22N2O2. The molecule has 0 saturated heterocycles. The molecule has 0 aliphatic heterocycles. The van der Waals surface area contributed by atoms with Gasteiger partial charge in [-0.3, -0.25) is 0 Å². The molecule has 0 saturated carbocycles. The van der Waals surface area contributed by atoms with Crippen LogP contribution in [0.2, 0.25) is 0 Å². The number of aliphatic hydroxyl groups is 1. The van der Waals surface area contributed by atoms with Crippen LogP contribution in [0.1, 0.15) is 16.7 Å². The fourth-order valence-electron chi connectivity index (χ4n) is 2.12. The summed E-state index contributed by atoms with van der Waals surface area (Å²) in [5, 5.41) is 15.4. The van der Waals surface area contributed by atoms with Crippen LogP contribution in [0.25, 0.3) is 0 Å². The Balaban J connectivity index is 1.67. The van der Waals surface area contributed by atoms with Crippen molar-refractivity contribution in [3.8, 4) is 0 Å². The third-order valence-electron chi connectivity index (χ3n) is 3.39. The molecule has 1 unspecified atom stereocenters. The minimum Gasteiger partial charge on any atom is -0.391 e. The summed E-state index contributed by atoms with van der Waals surface area (Å²) in [6.07, 6.45) is -0.0634. The zero-order valence-electron chi connectivity index (χ0n) is 12.8. The van der Waals surface area contributed by atoms with E-state index >= 15 is 0 Å². The van der Waals surface area contributed by atoms with Gasteiger partial charge in [-0.05, 0) is 18.1 Å². The number of hydrogen-bond donors (Lipinski definition) is 3. The maximum atomic E-state index is 11.7. The van der Waals surface area contributed by atoms with Crippen molar-refractivity contribution in [2.75, 3.05) is 6.54 Å². The summed E-state index contributed by atoms with van der Waals surface area (Å²) in [6.45, 7) is 2.73. The minimum absolute atomic E-state index is 0.231. The summed E-state index contributed by atoms with van der Waals surface area (Å²) in [7, 11) is 0. The third kappa shape index (κ3) is 5.58. The van der Waals surface area contributed by atoms with Crippen molar-refractivity contribution in [1.29, 1.82) is 0 Å². The zero-order valence-corrected chi connectivity index (χ0v) is 12.8. The monoisotopic (exact) mass is 298 g/mol. The number of benzene rings is 2. The average Bonchev–Trinajstić information content (AvgIpc) is 2.53. The van der Waals surface area contributed by atoms with Crippen LogP contribution >= 0.6 is 0 Å². The van der Waals surface area contributed by atoms with E-state index in [2.05, 4.69) is 10.6 Å². The second-order valence-electron chi connectivity index (χ2n) is 5.39. The van der Waals surface area contributed by atoms with Crippen LogP contribution in [0.4, 0.5) is 4.79 Å². The highest BCUT2D eigenvalue weighted by Crippen LogP contribution is 2.03. The van der Waals surface area contributed by atoms with Gasteiger partial charge in [0, 0.05) is 19.5 Å². The number of rotatable bonds is 6. The molecule has 1 atom stereocenters. The largest absolute Gasteiger partial charge is 0.391 e. The molecule has 0 heterocycles. The summed E-state index contributed by atoms with van der Waals surface area (Å²) in [6, 6.07) is 17.4. The van der Waals surface area contributed by atoms with Crippen LogP contribution in [0.5, 0.6) is 0 Å². The van der Waals surface area contributed by atoms with Gasteiger partial charge >= 0.3 is 6.03 Å². The fraction of sp³-hybridized carbons (Fsp3) is 0.278. The molecule has 0 spiro atoms. The standard InChI is InChI=1S/C18H22N2O2/c1-14-7-9-16(10-8-14)12-19-18(22)20-13-17(21)11-15-5-3-2-4-6-15/h2-10,17,21H,11-13H2,1H3,(H2,19,20,22). The van der Waals surface area contributed by atoms with Crippen LogP contribution in [0, 0.1) is 6.92 Å². The predicted molar refractivity (Wildman–Crippen MR) is 87.6 cm³/mol. The van der Waals surface area contributed by atoms with E-state index < -0.39 is 6.10 Å². The maximum absolute atomic E-state index is 11.7. The van der Waals surface area contributed by atoms with Gasteiger partial charge < -0.3 is 15.7 Å². The van der Waals surface area contributed by atoms with Crippen molar-refractivity contribution in [1.82, 2.24) is 10.6 Å². The molecule has 116 valence electrons. The molecule has 0 aliphatic rings. The van der Waals surface area contributed by atoms with Crippen LogP contribution < -0.4 is 10.6 Å². The predicted octanol–water partition coefficient (Wildman–Crippen LogP) is 2.40. The van der Waals surface area contributed by atoms with Gasteiger partial charge in [-0.15, -0.1) is 0 Å². The number of amides is 2. The SMILES string of the molecule is Cc1ccc(CNC(=O)NCC(O)Cc2ccccc2)cc1. The minimum atomic E-state index is -0.590. The Kier molecular flexibility index (Phi) is 5.98. The highest BCUT2D eigenvalue weighted by Gasteiger charge is 2.07. The molecule has 0 aliphatic carbocycles. The molecule has 2 rings (SSSR count). The summed E-state index contributed by atoms with van der Waals surface area (Å²) < 4.78 is 0. The smallest absolute Gasteiger partial charge is 0.315 e. The van der Waals surface area contributed by atoms with E-state index in [9.17, 15) is 9.90 Å². The van der Waals surface area contributed by atoms with Crippen LogP contribution in [0.15, 0.2) is 54.6 Å². The molecule has 0 aromatic heterocycles. The van der Waals surface area contributed by atoms with Gasteiger partial charge in [-0.2, -0.15) is 0 Å². The van der Waals surface area contributed by atoms with E-state index in [0.29, 0.717) is 13.0 Å². The molecule has 0 bridgehead atoms. The van der Waals surface area contributed by atoms with Gasteiger partial charge in [-0.1, -0.05) is 60.2 Å². The van der Waals surface area contributed by atoms with Crippen molar-refractivity contribution >= 4 is 6.03 Å². The van der Waals surface area contributed by atoms with Crippen molar-refractivity contribution in [3.05, 3.63) is 71.3 Å².